The first-order chi connectivity index (χ1) is 9.29. The summed E-state index contributed by atoms with van der Waals surface area (Å²) in [6.45, 7) is 0. The van der Waals surface area contributed by atoms with Crippen LogP contribution in [0.3, 0.4) is 0 Å². The van der Waals surface area contributed by atoms with Crippen molar-refractivity contribution in [2.24, 2.45) is 0 Å². The van der Waals surface area contributed by atoms with Crippen LogP contribution < -0.4 is 10.5 Å². The lowest BCUT2D eigenvalue weighted by Crippen LogP contribution is -2.07. The first-order valence-electron chi connectivity index (χ1n) is 5.37. The molecule has 0 radical (unpaired) electrons. The SMILES string of the molecule is Nc1cccc(Br)c1Oc1ccc(Br)cc1C(F)(F)F. The van der Waals surface area contributed by atoms with E-state index in [9.17, 15) is 13.2 Å². The van der Waals surface area contributed by atoms with E-state index in [1.807, 2.05) is 0 Å². The Labute approximate surface area is 130 Å². The summed E-state index contributed by atoms with van der Waals surface area (Å²) in [6, 6.07) is 8.52. The Morgan fingerprint density at radius 1 is 1.05 bits per heavy atom. The second-order valence-corrected chi connectivity index (χ2v) is 5.67. The second-order valence-electron chi connectivity index (χ2n) is 3.90. The van der Waals surface area contributed by atoms with Crippen LogP contribution in [0.4, 0.5) is 18.9 Å². The van der Waals surface area contributed by atoms with Crippen LogP contribution in [0.15, 0.2) is 45.3 Å². The summed E-state index contributed by atoms with van der Waals surface area (Å²) in [5.74, 6) is -0.153. The normalized spacial score (nSPS) is 11.4. The molecule has 0 aliphatic rings. The molecule has 20 heavy (non-hydrogen) atoms. The molecule has 2 aromatic carbocycles. The topological polar surface area (TPSA) is 35.2 Å². The van der Waals surface area contributed by atoms with Gasteiger partial charge in [-0.2, -0.15) is 13.2 Å². The molecule has 106 valence electrons. The second kappa shape index (κ2) is 5.65. The largest absolute Gasteiger partial charge is 0.453 e. The third-order valence-corrected chi connectivity index (χ3v) is 3.57. The van der Waals surface area contributed by atoms with E-state index in [2.05, 4.69) is 31.9 Å². The molecule has 0 atom stereocenters. The highest BCUT2D eigenvalue weighted by Crippen LogP contribution is 2.42. The average Bonchev–Trinajstić information content (AvgIpc) is 2.34. The van der Waals surface area contributed by atoms with Gasteiger partial charge in [0.1, 0.15) is 5.75 Å². The fourth-order valence-corrected chi connectivity index (χ4v) is 2.38. The molecule has 2 N–H and O–H groups in total. The lowest BCUT2D eigenvalue weighted by molar-refractivity contribution is -0.138. The highest BCUT2D eigenvalue weighted by molar-refractivity contribution is 9.10. The minimum atomic E-state index is -4.52. The van der Waals surface area contributed by atoms with Gasteiger partial charge in [-0.05, 0) is 46.3 Å². The Bertz CT molecular complexity index is 624. The van der Waals surface area contributed by atoms with Gasteiger partial charge in [0.05, 0.1) is 15.7 Å². The number of rotatable bonds is 2. The van der Waals surface area contributed by atoms with Crippen LogP contribution >= 0.6 is 31.9 Å². The van der Waals surface area contributed by atoms with Gasteiger partial charge in [0.2, 0.25) is 0 Å². The summed E-state index contributed by atoms with van der Waals surface area (Å²) in [7, 11) is 0. The molecule has 0 heterocycles. The maximum atomic E-state index is 13.0. The summed E-state index contributed by atoms with van der Waals surface area (Å²) < 4.78 is 45.1. The smallest absolute Gasteiger partial charge is 0.420 e. The van der Waals surface area contributed by atoms with E-state index in [1.165, 1.54) is 12.1 Å². The maximum absolute atomic E-state index is 13.0. The van der Waals surface area contributed by atoms with Crippen LogP contribution in [0.5, 0.6) is 11.5 Å². The zero-order valence-electron chi connectivity index (χ0n) is 9.84. The molecule has 0 saturated heterocycles. The number of para-hydroxylation sites is 1. The van der Waals surface area contributed by atoms with Gasteiger partial charge in [-0.25, -0.2) is 0 Å². The number of anilines is 1. The van der Waals surface area contributed by atoms with Crippen LogP contribution in [0, 0.1) is 0 Å². The van der Waals surface area contributed by atoms with Crippen molar-refractivity contribution in [3.05, 3.63) is 50.9 Å². The van der Waals surface area contributed by atoms with Crippen molar-refractivity contribution in [2.75, 3.05) is 5.73 Å². The van der Waals surface area contributed by atoms with Crippen LogP contribution in [-0.2, 0) is 6.18 Å². The van der Waals surface area contributed by atoms with Crippen molar-refractivity contribution in [1.29, 1.82) is 0 Å². The average molecular weight is 411 g/mol. The Hall–Kier alpha value is -1.21. The van der Waals surface area contributed by atoms with Crippen molar-refractivity contribution >= 4 is 37.5 Å². The number of benzene rings is 2. The molecular weight excluding hydrogens is 403 g/mol. The molecule has 2 rings (SSSR count). The predicted molar refractivity (Wildman–Crippen MR) is 77.8 cm³/mol. The van der Waals surface area contributed by atoms with Crippen LogP contribution in [0.1, 0.15) is 5.56 Å². The molecule has 0 amide bonds. The van der Waals surface area contributed by atoms with Gasteiger partial charge >= 0.3 is 6.18 Å². The van der Waals surface area contributed by atoms with Crippen molar-refractivity contribution in [3.63, 3.8) is 0 Å². The van der Waals surface area contributed by atoms with Gasteiger partial charge < -0.3 is 10.5 Å². The van der Waals surface area contributed by atoms with E-state index in [0.717, 1.165) is 6.07 Å². The number of nitrogen functional groups attached to an aromatic ring is 1. The first kappa shape index (κ1) is 15.2. The third kappa shape index (κ3) is 3.27. The standard InChI is InChI=1S/C13H8Br2F3NO/c14-7-4-5-11(8(6-7)13(16,17)18)20-12-9(15)2-1-3-10(12)19/h1-6H,19H2. The number of ether oxygens (including phenoxy) is 1. The van der Waals surface area contributed by atoms with Crippen molar-refractivity contribution < 1.29 is 17.9 Å². The fourth-order valence-electron chi connectivity index (χ4n) is 1.56. The predicted octanol–water partition coefficient (Wildman–Crippen LogP) is 5.60. The molecule has 2 nitrogen and oxygen atoms in total. The number of alkyl halides is 3. The van der Waals surface area contributed by atoms with Crippen molar-refractivity contribution in [3.8, 4) is 11.5 Å². The summed E-state index contributed by atoms with van der Waals surface area (Å²) in [5, 5.41) is 0. The molecule has 2 aromatic rings. The Morgan fingerprint density at radius 3 is 2.35 bits per heavy atom. The van der Waals surface area contributed by atoms with E-state index in [0.29, 0.717) is 8.95 Å². The fraction of sp³-hybridized carbons (Fsp3) is 0.0769. The van der Waals surface area contributed by atoms with Gasteiger partial charge in [0.15, 0.2) is 5.75 Å². The van der Waals surface area contributed by atoms with E-state index in [1.54, 1.807) is 18.2 Å². The zero-order valence-corrected chi connectivity index (χ0v) is 13.0. The number of hydrogen-bond acceptors (Lipinski definition) is 2. The number of halogens is 5. The first-order valence-corrected chi connectivity index (χ1v) is 6.96. The molecular formula is C13H8Br2F3NO. The quantitative estimate of drug-likeness (QED) is 0.653. The van der Waals surface area contributed by atoms with Crippen LogP contribution in [0.2, 0.25) is 0 Å². The Kier molecular flexibility index (Phi) is 4.29. The molecule has 0 spiro atoms. The van der Waals surface area contributed by atoms with Gasteiger partial charge in [-0.1, -0.05) is 22.0 Å². The summed E-state index contributed by atoms with van der Waals surface area (Å²) in [4.78, 5) is 0. The maximum Gasteiger partial charge on any atom is 0.420 e. The lowest BCUT2D eigenvalue weighted by Gasteiger charge is -2.16. The van der Waals surface area contributed by atoms with Crippen molar-refractivity contribution in [1.82, 2.24) is 0 Å². The van der Waals surface area contributed by atoms with Crippen LogP contribution in [-0.4, -0.2) is 0 Å². The zero-order chi connectivity index (χ0) is 14.9. The molecule has 7 heteroatoms. The molecule has 0 bridgehead atoms. The van der Waals surface area contributed by atoms with Gasteiger partial charge in [-0.15, -0.1) is 0 Å². The lowest BCUT2D eigenvalue weighted by atomic mass is 10.2. The summed E-state index contributed by atoms with van der Waals surface area (Å²) >= 11 is 6.21. The molecule has 0 aromatic heterocycles. The molecule has 0 fully saturated rings. The third-order valence-electron chi connectivity index (χ3n) is 2.46. The Balaban J connectivity index is 2.49. The van der Waals surface area contributed by atoms with Crippen LogP contribution in [0.25, 0.3) is 0 Å². The monoisotopic (exact) mass is 409 g/mol. The van der Waals surface area contributed by atoms with Gasteiger partial charge in [-0.3, -0.25) is 0 Å². The number of hydrogen-bond donors (Lipinski definition) is 1. The van der Waals surface area contributed by atoms with Gasteiger partial charge in [0, 0.05) is 4.47 Å². The molecule has 0 unspecified atom stereocenters. The van der Waals surface area contributed by atoms with E-state index in [-0.39, 0.29) is 17.2 Å². The molecule has 0 saturated carbocycles. The van der Waals surface area contributed by atoms with E-state index >= 15 is 0 Å². The highest BCUT2D eigenvalue weighted by atomic mass is 79.9. The summed E-state index contributed by atoms with van der Waals surface area (Å²) in [6.07, 6.45) is -4.52. The van der Waals surface area contributed by atoms with Gasteiger partial charge in [0.25, 0.3) is 0 Å². The molecule has 0 aliphatic heterocycles. The summed E-state index contributed by atoms with van der Waals surface area (Å²) in [5.41, 5.74) is 5.09. The molecule has 0 aliphatic carbocycles. The minimum absolute atomic E-state index is 0.153. The number of nitrogens with two attached hydrogens (primary N) is 1. The van der Waals surface area contributed by atoms with Crippen molar-refractivity contribution in [2.45, 2.75) is 6.18 Å². The minimum Gasteiger partial charge on any atom is -0.453 e. The highest BCUT2D eigenvalue weighted by Gasteiger charge is 2.35. The Morgan fingerprint density at radius 2 is 1.75 bits per heavy atom. The van der Waals surface area contributed by atoms with E-state index < -0.39 is 11.7 Å². The van der Waals surface area contributed by atoms with E-state index in [4.69, 9.17) is 10.5 Å².